The van der Waals surface area contributed by atoms with Crippen molar-refractivity contribution in [2.45, 2.75) is 44.2 Å². The van der Waals surface area contributed by atoms with Gasteiger partial charge in [-0.2, -0.15) is 25.8 Å². The number of esters is 1. The third-order valence-corrected chi connectivity index (χ3v) is 1.50. The minimum atomic E-state index is -4.40. The molecule has 0 saturated carbocycles. The predicted molar refractivity (Wildman–Crippen MR) is 49.3 cm³/mol. The molecule has 1 atom stereocenters. The number of hydrogen-bond acceptors (Lipinski definition) is 3. The highest BCUT2D eigenvalue weighted by molar-refractivity contribution is 7.81. The van der Waals surface area contributed by atoms with Crippen molar-refractivity contribution in [3.8, 4) is 0 Å². The van der Waals surface area contributed by atoms with E-state index in [0.29, 0.717) is 0 Å². The summed E-state index contributed by atoms with van der Waals surface area (Å²) < 4.78 is 40.3. The van der Waals surface area contributed by atoms with Crippen molar-refractivity contribution in [3.63, 3.8) is 0 Å². The van der Waals surface area contributed by atoms with Gasteiger partial charge in [-0.1, -0.05) is 0 Å². The molecule has 84 valence electrons. The standard InChI is InChI=1S/C8H13F3O2S/c1-7(2,3)13-6(12)5(14)4-8(9,10)11/h5,14H,4H2,1-3H3/t5-/m0/s1. The van der Waals surface area contributed by atoms with Gasteiger partial charge >= 0.3 is 12.1 Å². The Kier molecular flexibility index (Phi) is 4.30. The van der Waals surface area contributed by atoms with E-state index >= 15 is 0 Å². The number of carbonyl (C=O) groups is 1. The Balaban J connectivity index is 4.15. The fourth-order valence-corrected chi connectivity index (χ4v) is 0.932. The normalized spacial score (nSPS) is 15.1. The highest BCUT2D eigenvalue weighted by Gasteiger charge is 2.35. The molecular formula is C8H13F3O2S. The summed E-state index contributed by atoms with van der Waals surface area (Å²) in [6, 6.07) is 0. The highest BCUT2D eigenvalue weighted by Crippen LogP contribution is 2.25. The molecule has 2 nitrogen and oxygen atoms in total. The van der Waals surface area contributed by atoms with Crippen LogP contribution in [-0.4, -0.2) is 23.0 Å². The molecule has 0 aromatic rings. The van der Waals surface area contributed by atoms with Crippen molar-refractivity contribution < 1.29 is 22.7 Å². The first-order valence-corrected chi connectivity index (χ1v) is 4.50. The van der Waals surface area contributed by atoms with E-state index in [4.69, 9.17) is 4.74 Å². The fourth-order valence-electron chi connectivity index (χ4n) is 0.672. The SMILES string of the molecule is CC(C)(C)OC(=O)[C@@H](S)CC(F)(F)F. The zero-order valence-corrected chi connectivity index (χ0v) is 9.08. The summed E-state index contributed by atoms with van der Waals surface area (Å²) in [4.78, 5) is 11.0. The van der Waals surface area contributed by atoms with Crippen LogP contribution in [0.15, 0.2) is 0 Å². The van der Waals surface area contributed by atoms with Gasteiger partial charge < -0.3 is 4.74 Å². The summed E-state index contributed by atoms with van der Waals surface area (Å²) in [6.07, 6.45) is -5.67. The van der Waals surface area contributed by atoms with E-state index < -0.39 is 29.4 Å². The van der Waals surface area contributed by atoms with Crippen molar-refractivity contribution in [3.05, 3.63) is 0 Å². The Labute approximate surface area is 86.2 Å². The molecule has 0 N–H and O–H groups in total. The Morgan fingerprint density at radius 1 is 1.36 bits per heavy atom. The van der Waals surface area contributed by atoms with Gasteiger partial charge in [-0.25, -0.2) is 0 Å². The first kappa shape index (κ1) is 13.6. The number of thiol groups is 1. The van der Waals surface area contributed by atoms with Crippen LogP contribution in [0.1, 0.15) is 27.2 Å². The van der Waals surface area contributed by atoms with E-state index in [1.807, 2.05) is 0 Å². The summed E-state index contributed by atoms with van der Waals surface area (Å²) in [7, 11) is 0. The lowest BCUT2D eigenvalue weighted by molar-refractivity contribution is -0.164. The highest BCUT2D eigenvalue weighted by atomic mass is 32.1. The average Bonchev–Trinajstić information content (AvgIpc) is 1.78. The number of hydrogen-bond donors (Lipinski definition) is 1. The molecule has 0 amide bonds. The Hall–Kier alpha value is -0.390. The number of rotatable bonds is 2. The van der Waals surface area contributed by atoms with Crippen molar-refractivity contribution in [2.75, 3.05) is 0 Å². The van der Waals surface area contributed by atoms with Gasteiger partial charge in [0.15, 0.2) is 0 Å². The van der Waals surface area contributed by atoms with Gasteiger partial charge in [-0.3, -0.25) is 4.79 Å². The topological polar surface area (TPSA) is 26.3 Å². The van der Waals surface area contributed by atoms with Crippen LogP contribution >= 0.6 is 12.6 Å². The number of ether oxygens (including phenoxy) is 1. The van der Waals surface area contributed by atoms with Gasteiger partial charge in [0, 0.05) is 0 Å². The molecule has 0 aliphatic heterocycles. The van der Waals surface area contributed by atoms with Gasteiger partial charge in [0.2, 0.25) is 0 Å². The number of carbonyl (C=O) groups excluding carboxylic acids is 1. The largest absolute Gasteiger partial charge is 0.459 e. The second kappa shape index (κ2) is 4.42. The van der Waals surface area contributed by atoms with E-state index in [0.717, 1.165) is 0 Å². The summed E-state index contributed by atoms with van der Waals surface area (Å²) >= 11 is 3.54. The zero-order valence-electron chi connectivity index (χ0n) is 8.18. The number of halogens is 3. The molecule has 0 aliphatic carbocycles. The smallest absolute Gasteiger partial charge is 0.390 e. The van der Waals surface area contributed by atoms with Crippen LogP contribution in [0.4, 0.5) is 13.2 Å². The second-order valence-corrected chi connectivity index (χ2v) is 4.49. The first-order valence-electron chi connectivity index (χ1n) is 3.99. The van der Waals surface area contributed by atoms with Crippen LogP contribution in [-0.2, 0) is 9.53 Å². The minimum Gasteiger partial charge on any atom is -0.459 e. The molecule has 0 radical (unpaired) electrons. The van der Waals surface area contributed by atoms with E-state index in [1.165, 1.54) is 0 Å². The van der Waals surface area contributed by atoms with Gasteiger partial charge in [0.25, 0.3) is 0 Å². The van der Waals surface area contributed by atoms with Crippen LogP contribution in [0.3, 0.4) is 0 Å². The van der Waals surface area contributed by atoms with Gasteiger partial charge in [-0.05, 0) is 20.8 Å². The molecule has 0 aromatic heterocycles. The third kappa shape index (κ3) is 7.06. The van der Waals surface area contributed by atoms with Crippen LogP contribution in [0, 0.1) is 0 Å². The quantitative estimate of drug-likeness (QED) is 0.583. The van der Waals surface area contributed by atoms with Crippen LogP contribution in [0.25, 0.3) is 0 Å². The summed E-state index contributed by atoms with van der Waals surface area (Å²) in [5.41, 5.74) is -0.788. The Morgan fingerprint density at radius 3 is 2.07 bits per heavy atom. The molecule has 0 aliphatic rings. The van der Waals surface area contributed by atoms with Crippen molar-refractivity contribution in [2.24, 2.45) is 0 Å². The molecule has 6 heteroatoms. The maximum atomic E-state index is 11.8. The van der Waals surface area contributed by atoms with Crippen LogP contribution in [0.2, 0.25) is 0 Å². The molecule has 0 aromatic carbocycles. The zero-order chi connectivity index (χ0) is 11.6. The third-order valence-electron chi connectivity index (χ3n) is 1.10. The summed E-state index contributed by atoms with van der Waals surface area (Å²) in [5, 5.41) is -1.45. The number of alkyl halides is 3. The van der Waals surface area contributed by atoms with Crippen LogP contribution in [0.5, 0.6) is 0 Å². The van der Waals surface area contributed by atoms with Gasteiger partial charge in [0.05, 0.1) is 6.42 Å². The van der Waals surface area contributed by atoms with Gasteiger partial charge in [0.1, 0.15) is 10.9 Å². The van der Waals surface area contributed by atoms with E-state index in [9.17, 15) is 18.0 Å². The lowest BCUT2D eigenvalue weighted by Crippen LogP contribution is -2.31. The van der Waals surface area contributed by atoms with Crippen LogP contribution < -0.4 is 0 Å². The maximum Gasteiger partial charge on any atom is 0.390 e. The van der Waals surface area contributed by atoms with E-state index in [2.05, 4.69) is 12.6 Å². The Bertz CT molecular complexity index is 208. The molecule has 0 bridgehead atoms. The van der Waals surface area contributed by atoms with Crippen molar-refractivity contribution >= 4 is 18.6 Å². The minimum absolute atomic E-state index is 0.788. The monoisotopic (exact) mass is 230 g/mol. The summed E-state index contributed by atoms with van der Waals surface area (Å²) in [6.45, 7) is 4.75. The summed E-state index contributed by atoms with van der Waals surface area (Å²) in [5.74, 6) is -0.946. The lowest BCUT2D eigenvalue weighted by Gasteiger charge is -2.22. The van der Waals surface area contributed by atoms with E-state index in [1.54, 1.807) is 20.8 Å². The lowest BCUT2D eigenvalue weighted by atomic mass is 10.2. The predicted octanol–water partition coefficient (Wildman–Crippen LogP) is 2.58. The molecule has 0 heterocycles. The van der Waals surface area contributed by atoms with Crippen molar-refractivity contribution in [1.29, 1.82) is 0 Å². The molecule has 0 unspecified atom stereocenters. The first-order chi connectivity index (χ1) is 6.01. The van der Waals surface area contributed by atoms with E-state index in [-0.39, 0.29) is 0 Å². The average molecular weight is 230 g/mol. The fraction of sp³-hybridized carbons (Fsp3) is 0.875. The molecule has 0 spiro atoms. The van der Waals surface area contributed by atoms with Gasteiger partial charge in [-0.15, -0.1) is 0 Å². The second-order valence-electron chi connectivity index (χ2n) is 3.87. The molecule has 14 heavy (non-hydrogen) atoms. The van der Waals surface area contributed by atoms with Crippen molar-refractivity contribution in [1.82, 2.24) is 0 Å². The molecule has 0 rings (SSSR count). The molecular weight excluding hydrogens is 217 g/mol. The Morgan fingerprint density at radius 2 is 1.79 bits per heavy atom. The maximum absolute atomic E-state index is 11.8. The molecule has 0 saturated heterocycles. The molecule has 0 fully saturated rings.